The zero-order chi connectivity index (χ0) is 33.7. The third-order valence-corrected chi connectivity index (χ3v) is 8.00. The highest BCUT2D eigenvalue weighted by atomic mass is 19.1. The average molecular weight is 676 g/mol. The molecule has 11 heteroatoms. The molecule has 9 nitrogen and oxygen atoms in total. The maximum atomic E-state index is 14.0. The maximum absolute atomic E-state index is 14.0. The maximum Gasteiger partial charge on any atom is 0.260 e. The first-order chi connectivity index (χ1) is 22.6. The van der Waals surface area contributed by atoms with Gasteiger partial charge in [0, 0.05) is 55.2 Å². The topological polar surface area (TPSA) is 130 Å². The molecule has 2 heterocycles. The zero-order valence-electron chi connectivity index (χ0n) is 26.0. The molecule has 4 aromatic carbocycles. The molecule has 0 fully saturated rings. The number of benzene rings is 4. The van der Waals surface area contributed by atoms with Crippen molar-refractivity contribution in [3.63, 3.8) is 0 Å². The summed E-state index contributed by atoms with van der Waals surface area (Å²) >= 11 is 0. The third-order valence-electron chi connectivity index (χ3n) is 8.00. The van der Waals surface area contributed by atoms with Gasteiger partial charge < -0.3 is 25.5 Å². The Hall–Kier alpha value is -5.71. The molecule has 0 saturated heterocycles. The lowest BCUT2D eigenvalue weighted by atomic mass is 9.97. The first kappa shape index (κ1) is 37.7. The molecular formula is C38H44F2N4O5. The van der Waals surface area contributed by atoms with Crippen LogP contribution in [0.15, 0.2) is 89.9 Å². The van der Waals surface area contributed by atoms with E-state index in [-0.39, 0.29) is 58.9 Å². The molecule has 0 bridgehead atoms. The van der Waals surface area contributed by atoms with E-state index in [2.05, 4.69) is 0 Å². The quantitative estimate of drug-likeness (QED) is 0.139. The van der Waals surface area contributed by atoms with Crippen molar-refractivity contribution in [2.75, 3.05) is 32.2 Å². The van der Waals surface area contributed by atoms with Gasteiger partial charge in [-0.15, -0.1) is 0 Å². The van der Waals surface area contributed by atoms with Crippen LogP contribution in [0.3, 0.4) is 0 Å². The number of amides is 2. The van der Waals surface area contributed by atoms with E-state index in [9.17, 15) is 23.2 Å². The van der Waals surface area contributed by atoms with Crippen molar-refractivity contribution in [2.45, 2.75) is 40.7 Å². The highest BCUT2D eigenvalue weighted by Gasteiger charge is 2.30. The minimum Gasteiger partial charge on any atom is -0.497 e. The fourth-order valence-corrected chi connectivity index (χ4v) is 5.38. The van der Waals surface area contributed by atoms with Crippen molar-refractivity contribution < 1.29 is 29.3 Å². The van der Waals surface area contributed by atoms with Crippen molar-refractivity contribution >= 4 is 34.0 Å². The van der Waals surface area contributed by atoms with E-state index in [0.717, 1.165) is 5.39 Å². The van der Waals surface area contributed by atoms with Gasteiger partial charge in [0.05, 0.1) is 20.6 Å². The normalized spacial score (nSPS) is 11.9. The smallest absolute Gasteiger partial charge is 0.260 e. The molecule has 0 spiro atoms. The van der Waals surface area contributed by atoms with E-state index >= 15 is 0 Å². The fourth-order valence-electron chi connectivity index (χ4n) is 5.38. The summed E-state index contributed by atoms with van der Waals surface area (Å²) in [5, 5.41) is 1.42. The number of nitrogen functional groups attached to an aromatic ring is 2. The molecule has 1 aliphatic heterocycles. The number of fused-ring (bicyclic) bond motifs is 2. The van der Waals surface area contributed by atoms with Crippen LogP contribution in [0.25, 0.3) is 10.8 Å². The SMILES string of the molecule is C.C.COc1ccc(CCN2C(=O)Cc3cc(N)ccc3C2=O)c(F)c1.COc1ccc(CCn2ccc3cc(N)ccc3c2=O)c(F)c1.[2HH]. The first-order valence-electron chi connectivity index (χ1n) is 14.8. The number of aryl methyl sites for hydroxylation is 2. The highest BCUT2D eigenvalue weighted by Crippen LogP contribution is 2.24. The van der Waals surface area contributed by atoms with Crippen LogP contribution in [0.1, 0.15) is 43.3 Å². The Kier molecular flexibility index (Phi) is 12.6. The van der Waals surface area contributed by atoms with Gasteiger partial charge in [0.1, 0.15) is 23.1 Å². The number of nitrogens with two attached hydrogens (primary N) is 2. The summed E-state index contributed by atoms with van der Waals surface area (Å²) in [4.78, 5) is 38.4. The minimum atomic E-state index is -0.417. The van der Waals surface area contributed by atoms with Crippen LogP contribution in [-0.4, -0.2) is 42.0 Å². The van der Waals surface area contributed by atoms with Crippen molar-refractivity contribution in [2.24, 2.45) is 0 Å². The van der Waals surface area contributed by atoms with Gasteiger partial charge in [-0.25, -0.2) is 8.78 Å². The molecule has 6 rings (SSSR count). The predicted octanol–water partition coefficient (Wildman–Crippen LogP) is 6.68. The summed E-state index contributed by atoms with van der Waals surface area (Å²) < 4.78 is 39.5. The van der Waals surface area contributed by atoms with E-state index < -0.39 is 5.82 Å². The van der Waals surface area contributed by atoms with E-state index in [1.165, 1.54) is 31.3 Å². The number of methoxy groups -OCH3 is 2. The summed E-state index contributed by atoms with van der Waals surface area (Å²) in [6, 6.07) is 21.2. The van der Waals surface area contributed by atoms with Crippen LogP contribution in [-0.2, 0) is 30.6 Å². The second kappa shape index (κ2) is 16.4. The number of hydrogen-bond acceptors (Lipinski definition) is 7. The minimum absolute atomic E-state index is 0. The molecule has 0 radical (unpaired) electrons. The summed E-state index contributed by atoms with van der Waals surface area (Å²) in [6.45, 7) is 0.535. The number of aromatic nitrogens is 1. The van der Waals surface area contributed by atoms with Crippen LogP contribution < -0.4 is 26.5 Å². The van der Waals surface area contributed by atoms with Gasteiger partial charge in [0.25, 0.3) is 11.5 Å². The number of halogens is 2. The second-order valence-electron chi connectivity index (χ2n) is 11.0. The number of ether oxygens (including phenoxy) is 2. The van der Waals surface area contributed by atoms with Crippen LogP contribution in [0.5, 0.6) is 11.5 Å². The molecule has 1 aromatic heterocycles. The predicted molar refractivity (Wildman–Crippen MR) is 192 cm³/mol. The zero-order valence-corrected chi connectivity index (χ0v) is 26.0. The van der Waals surface area contributed by atoms with Gasteiger partial charge in [0.15, 0.2) is 0 Å². The number of hydrogen-bond donors (Lipinski definition) is 2. The lowest BCUT2D eigenvalue weighted by molar-refractivity contribution is -0.128. The van der Waals surface area contributed by atoms with Gasteiger partial charge in [-0.1, -0.05) is 27.0 Å². The molecule has 0 atom stereocenters. The highest BCUT2D eigenvalue weighted by molar-refractivity contribution is 6.10. The van der Waals surface area contributed by atoms with E-state index in [1.54, 1.807) is 71.4 Å². The third kappa shape index (κ3) is 8.61. The molecule has 0 unspecified atom stereocenters. The number of carbonyl (C=O) groups excluding carboxylic acids is 2. The van der Waals surface area contributed by atoms with Crippen molar-refractivity contribution in [1.29, 1.82) is 0 Å². The molecule has 49 heavy (non-hydrogen) atoms. The Morgan fingerprint density at radius 1 is 0.735 bits per heavy atom. The molecule has 260 valence electrons. The second-order valence-corrected chi connectivity index (χ2v) is 11.0. The van der Waals surface area contributed by atoms with Crippen molar-refractivity contribution in [3.05, 3.63) is 129 Å². The number of rotatable bonds is 8. The summed E-state index contributed by atoms with van der Waals surface area (Å²) in [7, 11) is 2.96. The Labute approximate surface area is 286 Å². The number of carbonyl (C=O) groups is 2. The summed E-state index contributed by atoms with van der Waals surface area (Å²) in [5.41, 5.74) is 14.5. The molecular weight excluding hydrogens is 630 g/mol. The molecule has 2 amide bonds. The monoisotopic (exact) mass is 675 g/mol. The van der Waals surface area contributed by atoms with Crippen molar-refractivity contribution in [3.8, 4) is 11.5 Å². The molecule has 5 aromatic rings. The largest absolute Gasteiger partial charge is 0.497 e. The Morgan fingerprint density at radius 2 is 1.31 bits per heavy atom. The molecule has 1 aliphatic rings. The average Bonchev–Trinajstić information content (AvgIpc) is 3.05. The Balaban J connectivity index is 0.000000327. The molecule has 4 N–H and O–H groups in total. The van der Waals surface area contributed by atoms with Crippen LogP contribution in [0, 0.1) is 11.6 Å². The van der Waals surface area contributed by atoms with Crippen LogP contribution >= 0.6 is 0 Å². The summed E-state index contributed by atoms with van der Waals surface area (Å²) in [5.74, 6) is -0.507. The van der Waals surface area contributed by atoms with Crippen LogP contribution in [0.4, 0.5) is 20.2 Å². The van der Waals surface area contributed by atoms with Gasteiger partial charge in [-0.2, -0.15) is 0 Å². The fraction of sp³-hybridized carbons (Fsp3) is 0.237. The number of imide groups is 1. The van der Waals surface area contributed by atoms with E-state index in [4.69, 9.17) is 20.9 Å². The Morgan fingerprint density at radius 3 is 1.90 bits per heavy atom. The number of nitrogens with zero attached hydrogens (tertiary/aromatic N) is 2. The van der Waals surface area contributed by atoms with E-state index in [0.29, 0.717) is 63.5 Å². The number of anilines is 2. The number of pyridine rings is 1. The standard InChI is InChI=1S/C18H17FN2O3.C18H17FN2O2.2CH4.H2/c1-24-14-4-2-11(16(19)10-14)6-7-21-17(22)9-12-8-13(20)3-5-15(12)18(21)23;1-23-15-4-2-12(17(19)11-15)6-8-21-9-7-13-10-14(20)3-5-16(13)18(21)22;;;/h2-5,8,10H,6-7,9,20H2,1H3;2-5,7,9-11H,6,8,20H2,1H3;2*1H4;1H/i;;;;1+1. The van der Waals surface area contributed by atoms with Crippen molar-refractivity contribution in [1.82, 2.24) is 9.47 Å². The van der Waals surface area contributed by atoms with Gasteiger partial charge in [-0.3, -0.25) is 19.3 Å². The molecule has 0 aliphatic carbocycles. The first-order valence-corrected chi connectivity index (χ1v) is 14.8. The van der Waals surface area contributed by atoms with Gasteiger partial charge in [0.2, 0.25) is 5.91 Å². The van der Waals surface area contributed by atoms with Gasteiger partial charge >= 0.3 is 0 Å². The van der Waals surface area contributed by atoms with Crippen LogP contribution in [0.2, 0.25) is 0 Å². The van der Waals surface area contributed by atoms with Gasteiger partial charge in [-0.05, 0) is 89.5 Å². The lowest BCUT2D eigenvalue weighted by Crippen LogP contribution is -2.43. The molecule has 0 saturated carbocycles. The summed E-state index contributed by atoms with van der Waals surface area (Å²) in [6.07, 6.45) is 2.51. The Bertz CT molecular complexity index is 2040. The van der Waals surface area contributed by atoms with E-state index in [1.807, 2.05) is 6.07 Å². The lowest BCUT2D eigenvalue weighted by Gasteiger charge is -2.27.